The second kappa shape index (κ2) is 10.1. The third-order valence-electron chi connectivity index (χ3n) is 6.30. The maximum absolute atomic E-state index is 11.6. The summed E-state index contributed by atoms with van der Waals surface area (Å²) in [6.07, 6.45) is 5.13. The van der Waals surface area contributed by atoms with Crippen molar-refractivity contribution in [2.45, 2.75) is 38.4 Å². The van der Waals surface area contributed by atoms with Crippen molar-refractivity contribution in [3.63, 3.8) is 0 Å². The lowest BCUT2D eigenvalue weighted by Gasteiger charge is -2.35. The molecule has 0 bridgehead atoms. The van der Waals surface area contributed by atoms with Gasteiger partial charge in [0.2, 0.25) is 5.91 Å². The number of rotatable bonds is 8. The van der Waals surface area contributed by atoms with Crippen molar-refractivity contribution in [3.05, 3.63) is 36.3 Å². The van der Waals surface area contributed by atoms with E-state index in [1.165, 1.54) is 6.92 Å². The van der Waals surface area contributed by atoms with E-state index in [-0.39, 0.29) is 12.0 Å². The molecule has 1 amide bonds. The lowest BCUT2D eigenvalue weighted by atomic mass is 9.89. The molecule has 1 atom stereocenters. The molecule has 1 N–H and O–H groups in total. The van der Waals surface area contributed by atoms with Crippen LogP contribution in [0.2, 0.25) is 0 Å². The van der Waals surface area contributed by atoms with Crippen molar-refractivity contribution in [1.82, 2.24) is 14.5 Å². The standard InChI is InChI=1S/C25H32N4O5/c1-16(31-4)15-34-18-10-21(28-23(11-18)25(32-5)6-8-33-9-7-25)20-14-29(3)22-13-26-24(12-19(20)22)27-17(2)30/h10-14,16H,6-9,15H2,1-5H3,(H,26,27,30)/t16-/m1/s1. The van der Waals surface area contributed by atoms with Crippen LogP contribution in [0.4, 0.5) is 5.82 Å². The molecule has 9 heteroatoms. The van der Waals surface area contributed by atoms with Crippen LogP contribution in [0.15, 0.2) is 30.6 Å². The van der Waals surface area contributed by atoms with E-state index in [0.29, 0.717) is 44.2 Å². The first kappa shape index (κ1) is 24.1. The van der Waals surface area contributed by atoms with E-state index in [1.807, 2.05) is 42.9 Å². The number of aromatic nitrogens is 3. The summed E-state index contributed by atoms with van der Waals surface area (Å²) in [4.78, 5) is 21.0. The first-order valence-corrected chi connectivity index (χ1v) is 11.4. The maximum atomic E-state index is 11.6. The number of amides is 1. The summed E-state index contributed by atoms with van der Waals surface area (Å²) >= 11 is 0. The fraction of sp³-hybridized carbons (Fsp3) is 0.480. The summed E-state index contributed by atoms with van der Waals surface area (Å²) in [6, 6.07) is 5.76. The van der Waals surface area contributed by atoms with Gasteiger partial charge >= 0.3 is 0 Å². The van der Waals surface area contributed by atoms with E-state index in [4.69, 9.17) is 23.9 Å². The number of aryl methyl sites for hydroxylation is 1. The van der Waals surface area contributed by atoms with E-state index >= 15 is 0 Å². The van der Waals surface area contributed by atoms with Crippen LogP contribution in [0, 0.1) is 0 Å². The number of nitrogens with zero attached hydrogens (tertiary/aromatic N) is 3. The van der Waals surface area contributed by atoms with E-state index in [2.05, 4.69) is 10.3 Å². The number of nitrogens with one attached hydrogen (secondary N) is 1. The molecule has 0 aliphatic carbocycles. The third-order valence-corrected chi connectivity index (χ3v) is 6.30. The van der Waals surface area contributed by atoms with Gasteiger partial charge in [0.15, 0.2) is 0 Å². The molecule has 3 aromatic heterocycles. The summed E-state index contributed by atoms with van der Waals surface area (Å²) in [5, 5.41) is 3.69. The first-order chi connectivity index (χ1) is 16.3. The molecule has 9 nitrogen and oxygen atoms in total. The Morgan fingerprint density at radius 1 is 1.26 bits per heavy atom. The zero-order valence-electron chi connectivity index (χ0n) is 20.4. The number of hydrogen-bond acceptors (Lipinski definition) is 7. The van der Waals surface area contributed by atoms with Crippen LogP contribution in [-0.4, -0.2) is 60.6 Å². The predicted octanol–water partition coefficient (Wildman–Crippen LogP) is 3.66. The summed E-state index contributed by atoms with van der Waals surface area (Å²) in [7, 11) is 5.34. The summed E-state index contributed by atoms with van der Waals surface area (Å²) in [6.45, 7) is 5.05. The van der Waals surface area contributed by atoms with Crippen LogP contribution in [0.5, 0.6) is 5.75 Å². The molecule has 34 heavy (non-hydrogen) atoms. The van der Waals surface area contributed by atoms with Crippen LogP contribution in [0.3, 0.4) is 0 Å². The van der Waals surface area contributed by atoms with Gasteiger partial charge in [0.1, 0.15) is 23.8 Å². The van der Waals surface area contributed by atoms with Crippen molar-refractivity contribution in [2.75, 3.05) is 39.4 Å². The molecule has 1 aliphatic rings. The number of carbonyl (C=O) groups is 1. The highest BCUT2D eigenvalue weighted by molar-refractivity contribution is 5.98. The van der Waals surface area contributed by atoms with Crippen molar-refractivity contribution in [3.8, 4) is 17.0 Å². The first-order valence-electron chi connectivity index (χ1n) is 11.4. The number of carbonyl (C=O) groups excluding carboxylic acids is 1. The monoisotopic (exact) mass is 468 g/mol. The fourth-order valence-electron chi connectivity index (χ4n) is 4.24. The molecule has 0 aromatic carbocycles. The lowest BCUT2D eigenvalue weighted by molar-refractivity contribution is -0.114. The Kier molecular flexibility index (Phi) is 7.16. The quantitative estimate of drug-likeness (QED) is 0.539. The molecule has 1 fully saturated rings. The van der Waals surface area contributed by atoms with Gasteiger partial charge in [-0.15, -0.1) is 0 Å². The minimum Gasteiger partial charge on any atom is -0.491 e. The fourth-order valence-corrected chi connectivity index (χ4v) is 4.24. The van der Waals surface area contributed by atoms with Gasteiger partial charge in [-0.2, -0.15) is 0 Å². The number of anilines is 1. The van der Waals surface area contributed by atoms with Crippen molar-refractivity contribution in [1.29, 1.82) is 0 Å². The molecule has 4 heterocycles. The van der Waals surface area contributed by atoms with Crippen LogP contribution in [-0.2, 0) is 31.7 Å². The SMILES string of the molecule is CO[C@H](C)COc1cc(-c2cn(C)c3cnc(NC(C)=O)cc23)nc(C2(OC)CCOCC2)c1. The van der Waals surface area contributed by atoms with Crippen molar-refractivity contribution >= 4 is 22.6 Å². The van der Waals surface area contributed by atoms with Gasteiger partial charge in [-0.05, 0) is 13.0 Å². The van der Waals surface area contributed by atoms with Crippen LogP contribution < -0.4 is 10.1 Å². The number of hydrogen-bond donors (Lipinski definition) is 1. The highest BCUT2D eigenvalue weighted by atomic mass is 16.5. The molecule has 0 radical (unpaired) electrons. The highest BCUT2D eigenvalue weighted by Crippen LogP contribution is 2.39. The third kappa shape index (κ3) is 4.91. The number of ether oxygens (including phenoxy) is 4. The molecule has 3 aromatic rings. The number of pyridine rings is 2. The van der Waals surface area contributed by atoms with Gasteiger partial charge in [0.05, 0.1) is 29.2 Å². The Balaban J connectivity index is 1.84. The summed E-state index contributed by atoms with van der Waals surface area (Å²) < 4.78 is 25.1. The van der Waals surface area contributed by atoms with Crippen LogP contribution in [0.25, 0.3) is 22.2 Å². The van der Waals surface area contributed by atoms with E-state index in [1.54, 1.807) is 20.4 Å². The minimum atomic E-state index is -0.549. The maximum Gasteiger partial charge on any atom is 0.222 e. The Morgan fingerprint density at radius 2 is 2.03 bits per heavy atom. The lowest BCUT2D eigenvalue weighted by Crippen LogP contribution is -2.36. The number of fused-ring (bicyclic) bond motifs is 1. The Hall–Kier alpha value is -3.01. The number of methoxy groups -OCH3 is 2. The van der Waals surface area contributed by atoms with Crippen molar-refractivity contribution < 1.29 is 23.7 Å². The highest BCUT2D eigenvalue weighted by Gasteiger charge is 2.37. The van der Waals surface area contributed by atoms with E-state index < -0.39 is 5.60 Å². The molecular formula is C25H32N4O5. The predicted molar refractivity (Wildman–Crippen MR) is 129 cm³/mol. The summed E-state index contributed by atoms with van der Waals surface area (Å²) in [5.41, 5.74) is 2.86. The molecule has 1 saturated heterocycles. The average molecular weight is 469 g/mol. The van der Waals surface area contributed by atoms with Crippen molar-refractivity contribution in [2.24, 2.45) is 7.05 Å². The van der Waals surface area contributed by atoms with Gasteiger partial charge in [0.25, 0.3) is 0 Å². The molecule has 1 aliphatic heterocycles. The topological polar surface area (TPSA) is 96.7 Å². The second-order valence-electron chi connectivity index (χ2n) is 8.66. The Morgan fingerprint density at radius 3 is 2.71 bits per heavy atom. The van der Waals surface area contributed by atoms with Gasteiger partial charge in [-0.25, -0.2) is 9.97 Å². The molecule has 0 saturated carbocycles. The molecule has 182 valence electrons. The zero-order chi connectivity index (χ0) is 24.3. The van der Waals surface area contributed by atoms with Gasteiger partial charge in [0, 0.05) is 83.5 Å². The van der Waals surface area contributed by atoms with E-state index in [9.17, 15) is 4.79 Å². The Labute approximate surface area is 199 Å². The largest absolute Gasteiger partial charge is 0.491 e. The van der Waals surface area contributed by atoms with Crippen LogP contribution >= 0.6 is 0 Å². The van der Waals surface area contributed by atoms with Gasteiger partial charge < -0.3 is 28.8 Å². The molecular weight excluding hydrogens is 436 g/mol. The van der Waals surface area contributed by atoms with E-state index in [0.717, 1.165) is 27.9 Å². The molecule has 0 spiro atoms. The minimum absolute atomic E-state index is 0.0524. The second-order valence-corrected chi connectivity index (χ2v) is 8.66. The summed E-state index contributed by atoms with van der Waals surface area (Å²) in [5.74, 6) is 1.01. The normalized spacial score (nSPS) is 16.4. The molecule has 0 unspecified atom stereocenters. The van der Waals surface area contributed by atoms with Crippen LogP contribution in [0.1, 0.15) is 32.4 Å². The molecule has 4 rings (SSSR count). The zero-order valence-corrected chi connectivity index (χ0v) is 20.4. The van der Waals surface area contributed by atoms with Gasteiger partial charge in [-0.3, -0.25) is 4.79 Å². The Bertz CT molecular complexity index is 1170. The average Bonchev–Trinajstić information content (AvgIpc) is 3.18. The smallest absolute Gasteiger partial charge is 0.222 e. The van der Waals surface area contributed by atoms with Gasteiger partial charge in [-0.1, -0.05) is 0 Å².